The highest BCUT2D eigenvalue weighted by atomic mass is 16.8. The molecule has 0 radical (unpaired) electrons. The van der Waals surface area contributed by atoms with E-state index in [4.69, 9.17) is 9.57 Å². The highest BCUT2D eigenvalue weighted by Gasteiger charge is 2.49. The summed E-state index contributed by atoms with van der Waals surface area (Å²) in [5.41, 5.74) is -0.466. The van der Waals surface area contributed by atoms with Crippen molar-refractivity contribution in [2.75, 3.05) is 0 Å². The fourth-order valence-corrected chi connectivity index (χ4v) is 4.12. The third kappa shape index (κ3) is 5.01. The summed E-state index contributed by atoms with van der Waals surface area (Å²) in [5, 5.41) is 11.2. The van der Waals surface area contributed by atoms with Crippen molar-refractivity contribution >= 4 is 12.1 Å². The summed E-state index contributed by atoms with van der Waals surface area (Å²) in [6, 6.07) is 7.13. The Kier molecular flexibility index (Phi) is 5.62. The maximum atomic E-state index is 12.2. The summed E-state index contributed by atoms with van der Waals surface area (Å²) in [6.07, 6.45) is 0.584. The van der Waals surface area contributed by atoms with Crippen molar-refractivity contribution in [2.45, 2.75) is 83.9 Å². The maximum absolute atomic E-state index is 12.2. The number of carbonyl (C=O) groups excluding carboxylic acids is 1. The number of hydrogen-bond acceptors (Lipinski definition) is 5. The molecule has 6 nitrogen and oxygen atoms in total. The number of ether oxygens (including phenoxy) is 1. The molecule has 1 aromatic carbocycles. The third-order valence-corrected chi connectivity index (χ3v) is 4.78. The van der Waals surface area contributed by atoms with Gasteiger partial charge in [0, 0.05) is 0 Å². The average Bonchev–Trinajstić information content (AvgIpc) is 2.48. The number of nitrogens with zero attached hydrogens (tertiary/aromatic N) is 1. The number of carbonyl (C=O) groups is 2. The number of aromatic carboxylic acids is 1. The van der Waals surface area contributed by atoms with Crippen LogP contribution in [-0.2, 0) is 9.57 Å². The Morgan fingerprint density at radius 1 is 1.07 bits per heavy atom. The SMILES string of the molecule is CC(C)(C)OC(=O)ON1C(C)(C)CC(c2ccccc2C(=O)O)CC1(C)C. The second-order valence-electron chi connectivity index (χ2n) is 9.47. The maximum Gasteiger partial charge on any atom is 0.528 e. The van der Waals surface area contributed by atoms with Gasteiger partial charge in [0.15, 0.2) is 0 Å². The van der Waals surface area contributed by atoms with Gasteiger partial charge in [-0.3, -0.25) is 0 Å². The minimum absolute atomic E-state index is 0.0424. The summed E-state index contributed by atoms with van der Waals surface area (Å²) in [6.45, 7) is 13.4. The van der Waals surface area contributed by atoms with Crippen molar-refractivity contribution in [1.82, 2.24) is 5.06 Å². The summed E-state index contributed by atoms with van der Waals surface area (Å²) in [4.78, 5) is 29.5. The van der Waals surface area contributed by atoms with E-state index < -0.39 is 28.8 Å². The Hall–Kier alpha value is -2.08. The van der Waals surface area contributed by atoms with Crippen molar-refractivity contribution in [2.24, 2.45) is 0 Å². The third-order valence-electron chi connectivity index (χ3n) is 4.78. The van der Waals surface area contributed by atoms with Gasteiger partial charge in [0.05, 0.1) is 16.6 Å². The molecule has 1 fully saturated rings. The molecular weight excluding hydrogens is 346 g/mol. The van der Waals surface area contributed by atoms with E-state index >= 15 is 0 Å². The molecule has 0 amide bonds. The zero-order valence-corrected chi connectivity index (χ0v) is 17.3. The van der Waals surface area contributed by atoms with Crippen LogP contribution < -0.4 is 0 Å². The fraction of sp³-hybridized carbons (Fsp3) is 0.619. The first-order valence-corrected chi connectivity index (χ1v) is 9.26. The molecule has 27 heavy (non-hydrogen) atoms. The first-order valence-electron chi connectivity index (χ1n) is 9.26. The standard InChI is InChI=1S/C21H31NO5/c1-19(2,3)26-18(25)27-22-20(4,5)12-14(13-21(22,6)7)15-10-8-9-11-16(15)17(23)24/h8-11,14H,12-13H2,1-7H3,(H,23,24). The second-order valence-corrected chi connectivity index (χ2v) is 9.47. The van der Waals surface area contributed by atoms with E-state index in [1.54, 1.807) is 38.0 Å². The van der Waals surface area contributed by atoms with Gasteiger partial charge in [-0.05, 0) is 78.9 Å². The van der Waals surface area contributed by atoms with Crippen LogP contribution in [0.1, 0.15) is 83.1 Å². The van der Waals surface area contributed by atoms with Gasteiger partial charge >= 0.3 is 12.1 Å². The van der Waals surface area contributed by atoms with Crippen LogP contribution in [0.25, 0.3) is 0 Å². The molecule has 1 aliphatic heterocycles. The Balaban J connectivity index is 2.29. The predicted molar refractivity (Wildman–Crippen MR) is 103 cm³/mol. The molecule has 1 aliphatic rings. The van der Waals surface area contributed by atoms with E-state index in [1.165, 1.54) is 0 Å². The van der Waals surface area contributed by atoms with E-state index in [-0.39, 0.29) is 5.92 Å². The van der Waals surface area contributed by atoms with E-state index in [0.29, 0.717) is 18.4 Å². The van der Waals surface area contributed by atoms with Gasteiger partial charge in [-0.1, -0.05) is 18.2 Å². The van der Waals surface area contributed by atoms with E-state index in [1.807, 2.05) is 39.8 Å². The smallest absolute Gasteiger partial charge is 0.478 e. The molecule has 2 rings (SSSR count). The van der Waals surface area contributed by atoms with Crippen molar-refractivity contribution in [3.8, 4) is 0 Å². The lowest BCUT2D eigenvalue weighted by atomic mass is 9.72. The fourth-order valence-electron chi connectivity index (χ4n) is 4.12. The first kappa shape index (κ1) is 21.2. The topological polar surface area (TPSA) is 76.1 Å². The van der Waals surface area contributed by atoms with Crippen LogP contribution in [0.4, 0.5) is 4.79 Å². The normalized spacial score (nSPS) is 20.1. The zero-order chi connectivity index (χ0) is 20.6. The number of rotatable bonds is 3. The quantitative estimate of drug-likeness (QED) is 0.748. The molecule has 0 spiro atoms. The Morgan fingerprint density at radius 2 is 1.59 bits per heavy atom. The predicted octanol–water partition coefficient (Wildman–Crippen LogP) is 4.99. The van der Waals surface area contributed by atoms with Crippen LogP contribution in [0.15, 0.2) is 24.3 Å². The molecule has 0 unspecified atom stereocenters. The van der Waals surface area contributed by atoms with E-state index in [2.05, 4.69) is 0 Å². The number of piperidine rings is 1. The molecular formula is C21H31NO5. The van der Waals surface area contributed by atoms with Gasteiger partial charge in [-0.2, -0.15) is 0 Å². The minimum Gasteiger partial charge on any atom is -0.478 e. The monoisotopic (exact) mass is 377 g/mol. The van der Waals surface area contributed by atoms with Gasteiger partial charge in [0.25, 0.3) is 0 Å². The van der Waals surface area contributed by atoms with Crippen molar-refractivity contribution < 1.29 is 24.3 Å². The second kappa shape index (κ2) is 7.15. The van der Waals surface area contributed by atoms with Crippen LogP contribution >= 0.6 is 0 Å². The molecule has 0 bridgehead atoms. The Bertz CT molecular complexity index is 700. The van der Waals surface area contributed by atoms with Crippen molar-refractivity contribution in [3.63, 3.8) is 0 Å². The van der Waals surface area contributed by atoms with Gasteiger partial charge in [-0.25, -0.2) is 9.59 Å². The largest absolute Gasteiger partial charge is 0.528 e. The summed E-state index contributed by atoms with van der Waals surface area (Å²) in [5.74, 6) is -0.880. The Morgan fingerprint density at radius 3 is 2.07 bits per heavy atom. The molecule has 0 atom stereocenters. The van der Waals surface area contributed by atoms with Crippen LogP contribution in [0.5, 0.6) is 0 Å². The summed E-state index contributed by atoms with van der Waals surface area (Å²) < 4.78 is 5.31. The lowest BCUT2D eigenvalue weighted by Crippen LogP contribution is -2.60. The molecule has 1 N–H and O–H groups in total. The van der Waals surface area contributed by atoms with Gasteiger partial charge in [-0.15, -0.1) is 5.06 Å². The van der Waals surface area contributed by atoms with Crippen LogP contribution in [0, 0.1) is 0 Å². The van der Waals surface area contributed by atoms with E-state index in [9.17, 15) is 14.7 Å². The molecule has 6 heteroatoms. The molecule has 0 aliphatic carbocycles. The zero-order valence-electron chi connectivity index (χ0n) is 17.3. The highest BCUT2D eigenvalue weighted by molar-refractivity contribution is 5.89. The van der Waals surface area contributed by atoms with Gasteiger partial charge in [0.1, 0.15) is 5.60 Å². The summed E-state index contributed by atoms with van der Waals surface area (Å²) >= 11 is 0. The summed E-state index contributed by atoms with van der Waals surface area (Å²) in [7, 11) is 0. The number of hydrogen-bond donors (Lipinski definition) is 1. The first-order chi connectivity index (χ1) is 12.2. The van der Waals surface area contributed by atoms with Crippen LogP contribution in [0.2, 0.25) is 0 Å². The molecule has 0 saturated carbocycles. The highest BCUT2D eigenvalue weighted by Crippen LogP contribution is 2.46. The van der Waals surface area contributed by atoms with Crippen molar-refractivity contribution in [1.29, 1.82) is 0 Å². The van der Waals surface area contributed by atoms with E-state index in [0.717, 1.165) is 5.56 Å². The molecule has 1 saturated heterocycles. The van der Waals surface area contributed by atoms with Crippen molar-refractivity contribution in [3.05, 3.63) is 35.4 Å². The van der Waals surface area contributed by atoms with Gasteiger partial charge < -0.3 is 14.7 Å². The lowest BCUT2D eigenvalue weighted by Gasteiger charge is -2.52. The molecule has 1 heterocycles. The number of carboxylic acids is 1. The van der Waals surface area contributed by atoms with Crippen LogP contribution in [0.3, 0.4) is 0 Å². The minimum atomic E-state index is -0.923. The number of hydroxylamine groups is 2. The van der Waals surface area contributed by atoms with Gasteiger partial charge in [0.2, 0.25) is 0 Å². The number of benzene rings is 1. The molecule has 150 valence electrons. The lowest BCUT2D eigenvalue weighted by molar-refractivity contribution is -0.258. The number of carboxylic acid groups (broad SMARTS) is 1. The molecule has 1 aromatic rings. The average molecular weight is 377 g/mol. The Labute approximate surface area is 161 Å². The van der Waals surface area contributed by atoms with Crippen LogP contribution in [-0.4, -0.2) is 39.0 Å². The molecule has 0 aromatic heterocycles.